The van der Waals surface area contributed by atoms with Crippen molar-refractivity contribution >= 4 is 11.8 Å². The van der Waals surface area contributed by atoms with E-state index in [1.54, 1.807) is 7.11 Å². The summed E-state index contributed by atoms with van der Waals surface area (Å²) >= 11 is 1.88. The molecule has 1 aromatic heterocycles. The first-order valence-corrected chi connectivity index (χ1v) is 8.38. The molecule has 0 fully saturated rings. The van der Waals surface area contributed by atoms with E-state index in [0.717, 1.165) is 30.9 Å². The predicted octanol–water partition coefficient (Wildman–Crippen LogP) is 3.27. The Labute approximate surface area is 121 Å². The maximum Gasteiger partial charge on any atom is 0.161 e. The predicted molar refractivity (Wildman–Crippen MR) is 83.2 cm³/mol. The molecule has 0 aromatic carbocycles. The van der Waals surface area contributed by atoms with Crippen LogP contribution in [0.4, 0.5) is 0 Å². The Morgan fingerprint density at radius 2 is 2.21 bits per heavy atom. The molecule has 0 spiro atoms. The topological polar surface area (TPSA) is 39.1 Å². The van der Waals surface area contributed by atoms with Gasteiger partial charge >= 0.3 is 0 Å². The molecule has 0 bridgehead atoms. The summed E-state index contributed by atoms with van der Waals surface area (Å²) in [4.78, 5) is 0. The van der Waals surface area contributed by atoms with E-state index in [0.29, 0.717) is 12.1 Å². The molecule has 4 nitrogen and oxygen atoms in total. The van der Waals surface area contributed by atoms with E-state index in [1.807, 2.05) is 18.0 Å². The minimum absolute atomic E-state index is 0.312. The van der Waals surface area contributed by atoms with Crippen LogP contribution in [0.3, 0.4) is 0 Å². The van der Waals surface area contributed by atoms with E-state index in [1.165, 1.54) is 5.69 Å². The lowest BCUT2D eigenvalue weighted by Crippen LogP contribution is -2.26. The van der Waals surface area contributed by atoms with E-state index >= 15 is 0 Å². The highest BCUT2D eigenvalue weighted by atomic mass is 32.2. The molecule has 0 amide bonds. The third-order valence-corrected chi connectivity index (χ3v) is 3.73. The molecule has 1 atom stereocenters. The van der Waals surface area contributed by atoms with Crippen molar-refractivity contribution < 1.29 is 4.74 Å². The van der Waals surface area contributed by atoms with Crippen molar-refractivity contribution in [3.05, 3.63) is 11.9 Å². The molecule has 0 saturated carbocycles. The van der Waals surface area contributed by atoms with Crippen molar-refractivity contribution in [3.63, 3.8) is 0 Å². The smallest absolute Gasteiger partial charge is 0.161 e. The molecule has 1 unspecified atom stereocenters. The van der Waals surface area contributed by atoms with Crippen molar-refractivity contribution in [2.45, 2.75) is 45.7 Å². The maximum atomic E-state index is 5.49. The Bertz CT molecular complexity index is 358. The second-order valence-corrected chi connectivity index (χ2v) is 5.91. The van der Waals surface area contributed by atoms with Crippen LogP contribution in [0, 0.1) is 0 Å². The molecule has 0 radical (unpaired) electrons. The molecular formula is C14H27N3OS. The quantitative estimate of drug-likeness (QED) is 0.756. The van der Waals surface area contributed by atoms with E-state index < -0.39 is 0 Å². The number of methoxy groups -OCH3 is 1. The number of hydrogen-bond acceptors (Lipinski definition) is 4. The fourth-order valence-electron chi connectivity index (χ4n) is 2.15. The summed E-state index contributed by atoms with van der Waals surface area (Å²) in [6.07, 6.45) is 6.20. The summed E-state index contributed by atoms with van der Waals surface area (Å²) in [7, 11) is 1.72. The van der Waals surface area contributed by atoms with Crippen LogP contribution in [-0.2, 0) is 0 Å². The van der Waals surface area contributed by atoms with Gasteiger partial charge in [-0.3, -0.25) is 4.68 Å². The molecule has 0 aliphatic rings. The summed E-state index contributed by atoms with van der Waals surface area (Å²) in [5.41, 5.74) is 1.18. The van der Waals surface area contributed by atoms with Crippen molar-refractivity contribution in [3.8, 4) is 5.75 Å². The highest BCUT2D eigenvalue weighted by molar-refractivity contribution is 7.98. The first kappa shape index (κ1) is 16.4. The van der Waals surface area contributed by atoms with Crippen molar-refractivity contribution in [2.24, 2.45) is 0 Å². The second-order valence-electron chi connectivity index (χ2n) is 4.92. The molecule has 1 heterocycles. The number of nitrogens with one attached hydrogen (secondary N) is 1. The minimum Gasteiger partial charge on any atom is -0.493 e. The summed E-state index contributed by atoms with van der Waals surface area (Å²) in [5, 5.41) is 8.09. The third kappa shape index (κ3) is 4.42. The zero-order chi connectivity index (χ0) is 14.3. The van der Waals surface area contributed by atoms with Crippen LogP contribution in [-0.4, -0.2) is 35.4 Å². The van der Waals surface area contributed by atoms with Crippen LogP contribution >= 0.6 is 11.8 Å². The highest BCUT2D eigenvalue weighted by Gasteiger charge is 2.22. The summed E-state index contributed by atoms with van der Waals surface area (Å²) in [6, 6.07) is 0.659. The Kier molecular flexibility index (Phi) is 7.31. The zero-order valence-corrected chi connectivity index (χ0v) is 13.6. The molecule has 19 heavy (non-hydrogen) atoms. The fraction of sp³-hybridized carbons (Fsp3) is 0.786. The molecule has 1 aromatic rings. The lowest BCUT2D eigenvalue weighted by molar-refractivity contribution is 0.381. The fourth-order valence-corrected chi connectivity index (χ4v) is 2.62. The first-order chi connectivity index (χ1) is 9.15. The number of rotatable bonds is 9. The molecule has 0 aliphatic carbocycles. The van der Waals surface area contributed by atoms with Gasteiger partial charge in [0.05, 0.1) is 25.0 Å². The van der Waals surface area contributed by atoms with Crippen LogP contribution in [0.25, 0.3) is 0 Å². The number of thioether (sulfide) groups is 1. The van der Waals surface area contributed by atoms with Gasteiger partial charge in [0.15, 0.2) is 5.75 Å². The monoisotopic (exact) mass is 285 g/mol. The largest absolute Gasteiger partial charge is 0.493 e. The van der Waals surface area contributed by atoms with Crippen LogP contribution in [0.5, 0.6) is 5.75 Å². The van der Waals surface area contributed by atoms with Crippen molar-refractivity contribution in [2.75, 3.05) is 25.7 Å². The van der Waals surface area contributed by atoms with Gasteiger partial charge in [-0.2, -0.15) is 16.9 Å². The van der Waals surface area contributed by atoms with E-state index in [2.05, 4.69) is 42.1 Å². The van der Waals surface area contributed by atoms with Crippen LogP contribution in [0.1, 0.15) is 51.4 Å². The summed E-state index contributed by atoms with van der Waals surface area (Å²) < 4.78 is 7.56. The van der Waals surface area contributed by atoms with Gasteiger partial charge in [0.1, 0.15) is 0 Å². The Morgan fingerprint density at radius 3 is 2.74 bits per heavy atom. The van der Waals surface area contributed by atoms with E-state index in [-0.39, 0.29) is 0 Å². The van der Waals surface area contributed by atoms with Crippen molar-refractivity contribution in [1.29, 1.82) is 0 Å². The van der Waals surface area contributed by atoms with Gasteiger partial charge in [-0.25, -0.2) is 0 Å². The van der Waals surface area contributed by atoms with Crippen LogP contribution < -0.4 is 10.1 Å². The highest BCUT2D eigenvalue weighted by Crippen LogP contribution is 2.30. The molecule has 0 saturated heterocycles. The summed E-state index contributed by atoms with van der Waals surface area (Å²) in [6.45, 7) is 7.52. The van der Waals surface area contributed by atoms with Gasteiger partial charge < -0.3 is 10.1 Å². The lowest BCUT2D eigenvalue weighted by atomic mass is 10.1. The summed E-state index contributed by atoms with van der Waals surface area (Å²) in [5.74, 6) is 2.02. The molecule has 110 valence electrons. The Balaban J connectivity index is 2.99. The van der Waals surface area contributed by atoms with Gasteiger partial charge in [-0.05, 0) is 45.2 Å². The van der Waals surface area contributed by atoms with Gasteiger partial charge in [0.2, 0.25) is 0 Å². The van der Waals surface area contributed by atoms with Crippen molar-refractivity contribution in [1.82, 2.24) is 15.1 Å². The number of hydrogen-bond donors (Lipinski definition) is 1. The number of ether oxygens (including phenoxy) is 1. The van der Waals surface area contributed by atoms with Crippen LogP contribution in [0.2, 0.25) is 0 Å². The molecule has 1 rings (SSSR count). The average Bonchev–Trinajstić information content (AvgIpc) is 2.83. The van der Waals surface area contributed by atoms with E-state index in [9.17, 15) is 0 Å². The van der Waals surface area contributed by atoms with Gasteiger partial charge in [0.25, 0.3) is 0 Å². The number of nitrogens with zero attached hydrogens (tertiary/aromatic N) is 2. The molecule has 5 heteroatoms. The lowest BCUT2D eigenvalue weighted by Gasteiger charge is -2.22. The second kappa shape index (κ2) is 8.48. The SMILES string of the molecule is CCCNC(CCSC)c1c(OC)cnn1C(C)C. The zero-order valence-electron chi connectivity index (χ0n) is 12.8. The third-order valence-electron chi connectivity index (χ3n) is 3.09. The van der Waals surface area contributed by atoms with Gasteiger partial charge in [-0.1, -0.05) is 6.92 Å². The Morgan fingerprint density at radius 1 is 1.47 bits per heavy atom. The first-order valence-electron chi connectivity index (χ1n) is 6.99. The molecular weight excluding hydrogens is 258 g/mol. The standard InChI is InChI=1S/C14H27N3OS/c1-6-8-15-12(7-9-19-5)14-13(18-4)10-16-17(14)11(2)3/h10-12,15H,6-9H2,1-5H3. The Hall–Kier alpha value is -0.680. The molecule has 1 N–H and O–H groups in total. The van der Waals surface area contributed by atoms with E-state index in [4.69, 9.17) is 4.74 Å². The van der Waals surface area contributed by atoms with Crippen LogP contribution in [0.15, 0.2) is 6.20 Å². The minimum atomic E-state index is 0.312. The van der Waals surface area contributed by atoms with Gasteiger partial charge in [0, 0.05) is 6.04 Å². The maximum absolute atomic E-state index is 5.49. The normalized spacial score (nSPS) is 12.9. The molecule has 0 aliphatic heterocycles. The number of aromatic nitrogens is 2. The van der Waals surface area contributed by atoms with Gasteiger partial charge in [-0.15, -0.1) is 0 Å². The average molecular weight is 285 g/mol.